The molecule has 6 nitrogen and oxygen atoms in total. The van der Waals surface area contributed by atoms with E-state index in [1.165, 1.54) is 24.3 Å². The van der Waals surface area contributed by atoms with Crippen LogP contribution in [0, 0.1) is 17.1 Å². The van der Waals surface area contributed by atoms with E-state index in [-0.39, 0.29) is 23.7 Å². The van der Waals surface area contributed by atoms with Crippen molar-refractivity contribution in [3.05, 3.63) is 95.3 Å². The number of nitrogens with zero attached hydrogens (tertiary/aromatic N) is 1. The van der Waals surface area contributed by atoms with Gasteiger partial charge in [0.05, 0.1) is 11.6 Å². The molecule has 0 heterocycles. The summed E-state index contributed by atoms with van der Waals surface area (Å²) in [5.74, 6) is -1.32. The van der Waals surface area contributed by atoms with E-state index in [4.69, 9.17) is 14.7 Å². The lowest BCUT2D eigenvalue weighted by Gasteiger charge is -2.11. The van der Waals surface area contributed by atoms with Crippen LogP contribution in [0.2, 0.25) is 0 Å². The number of benzene rings is 3. The number of carbonyl (C=O) groups is 2. The molecule has 0 spiro atoms. The monoisotopic (exact) mass is 404 g/mol. The Morgan fingerprint density at radius 1 is 1.00 bits per heavy atom. The lowest BCUT2D eigenvalue weighted by atomic mass is 10.2. The molecule has 3 rings (SSSR count). The third kappa shape index (κ3) is 5.66. The molecule has 30 heavy (non-hydrogen) atoms. The van der Waals surface area contributed by atoms with Crippen LogP contribution in [-0.4, -0.2) is 18.5 Å². The minimum atomic E-state index is -0.717. The van der Waals surface area contributed by atoms with Gasteiger partial charge in [-0.15, -0.1) is 0 Å². The second-order valence-electron chi connectivity index (χ2n) is 6.23. The summed E-state index contributed by atoms with van der Waals surface area (Å²) in [4.78, 5) is 24.4. The van der Waals surface area contributed by atoms with Crippen molar-refractivity contribution in [2.45, 2.75) is 6.61 Å². The molecule has 3 aromatic rings. The Labute approximate surface area is 172 Å². The fourth-order valence-electron chi connectivity index (χ4n) is 2.58. The number of para-hydroxylation sites is 1. The molecule has 7 heteroatoms. The standard InChI is InChI=1S/C23H17FN2O4/c24-18-10-8-16(9-11-18)14-29-21-7-2-1-6-20(21)23(28)30-15-22(27)26-19-5-3-4-17(12-19)13-25/h1-12H,14-15H2,(H,26,27). The van der Waals surface area contributed by atoms with E-state index in [1.807, 2.05) is 6.07 Å². The second kappa shape index (κ2) is 9.85. The Balaban J connectivity index is 1.58. The lowest BCUT2D eigenvalue weighted by Crippen LogP contribution is -2.21. The van der Waals surface area contributed by atoms with Crippen molar-refractivity contribution in [2.75, 3.05) is 11.9 Å². The highest BCUT2D eigenvalue weighted by molar-refractivity contribution is 5.96. The Morgan fingerprint density at radius 2 is 1.77 bits per heavy atom. The van der Waals surface area contributed by atoms with Crippen LogP contribution in [0.4, 0.5) is 10.1 Å². The zero-order chi connectivity index (χ0) is 21.3. The molecule has 0 unspecified atom stereocenters. The molecule has 0 saturated carbocycles. The number of carbonyl (C=O) groups excluding carboxylic acids is 2. The average Bonchev–Trinajstić information content (AvgIpc) is 2.77. The van der Waals surface area contributed by atoms with Gasteiger partial charge in [-0.3, -0.25) is 4.79 Å². The first-order valence-electron chi connectivity index (χ1n) is 8.98. The van der Waals surface area contributed by atoms with Crippen molar-refractivity contribution in [3.8, 4) is 11.8 Å². The molecule has 0 aliphatic rings. The highest BCUT2D eigenvalue weighted by Crippen LogP contribution is 2.20. The smallest absolute Gasteiger partial charge is 0.342 e. The largest absolute Gasteiger partial charge is 0.488 e. The van der Waals surface area contributed by atoms with Crippen molar-refractivity contribution in [3.63, 3.8) is 0 Å². The first kappa shape index (κ1) is 20.6. The lowest BCUT2D eigenvalue weighted by molar-refractivity contribution is -0.119. The molecule has 0 radical (unpaired) electrons. The summed E-state index contributed by atoms with van der Waals surface area (Å²) in [7, 11) is 0. The number of nitrogens with one attached hydrogen (secondary N) is 1. The van der Waals surface area contributed by atoms with Crippen molar-refractivity contribution in [1.82, 2.24) is 0 Å². The third-order valence-corrected chi connectivity index (χ3v) is 4.02. The third-order valence-electron chi connectivity index (χ3n) is 4.02. The number of hydrogen-bond acceptors (Lipinski definition) is 5. The zero-order valence-electron chi connectivity index (χ0n) is 15.8. The first-order valence-corrected chi connectivity index (χ1v) is 8.98. The summed E-state index contributed by atoms with van der Waals surface area (Å²) >= 11 is 0. The number of amides is 1. The fraction of sp³-hybridized carbons (Fsp3) is 0.0870. The molecule has 3 aromatic carbocycles. The molecular weight excluding hydrogens is 387 g/mol. The number of esters is 1. The number of anilines is 1. The molecule has 0 aromatic heterocycles. The van der Waals surface area contributed by atoms with Crippen LogP contribution in [0.5, 0.6) is 5.75 Å². The first-order chi connectivity index (χ1) is 14.5. The van der Waals surface area contributed by atoms with E-state index in [9.17, 15) is 14.0 Å². The van der Waals surface area contributed by atoms with Crippen LogP contribution in [0.3, 0.4) is 0 Å². The van der Waals surface area contributed by atoms with Crippen LogP contribution in [-0.2, 0) is 16.1 Å². The molecular formula is C23H17FN2O4. The van der Waals surface area contributed by atoms with Gasteiger partial charge in [0, 0.05) is 5.69 Å². The topological polar surface area (TPSA) is 88.4 Å². The van der Waals surface area contributed by atoms with Crippen molar-refractivity contribution >= 4 is 17.6 Å². The van der Waals surface area contributed by atoms with Gasteiger partial charge in [-0.25, -0.2) is 9.18 Å². The molecule has 0 aliphatic carbocycles. The van der Waals surface area contributed by atoms with E-state index in [2.05, 4.69) is 5.32 Å². The summed E-state index contributed by atoms with van der Waals surface area (Å²) < 4.78 is 23.7. The van der Waals surface area contributed by atoms with Crippen LogP contribution < -0.4 is 10.1 Å². The van der Waals surface area contributed by atoms with Crippen molar-refractivity contribution in [2.24, 2.45) is 0 Å². The Bertz CT molecular complexity index is 1090. The van der Waals surface area contributed by atoms with Gasteiger partial charge in [-0.05, 0) is 48.0 Å². The van der Waals surface area contributed by atoms with Gasteiger partial charge in [-0.2, -0.15) is 5.26 Å². The van der Waals surface area contributed by atoms with Crippen molar-refractivity contribution in [1.29, 1.82) is 5.26 Å². The number of rotatable bonds is 7. The maximum atomic E-state index is 13.0. The molecule has 150 valence electrons. The van der Waals surface area contributed by atoms with E-state index in [0.717, 1.165) is 5.56 Å². The zero-order valence-corrected chi connectivity index (χ0v) is 15.8. The normalized spacial score (nSPS) is 10.0. The summed E-state index contributed by atoms with van der Waals surface area (Å²) in [6, 6.07) is 20.6. The molecule has 1 amide bonds. The summed E-state index contributed by atoms with van der Waals surface area (Å²) in [6.45, 7) is -0.359. The highest BCUT2D eigenvalue weighted by Gasteiger charge is 2.15. The predicted octanol–water partition coefficient (Wildman–Crippen LogP) is 4.07. The van der Waals surface area contributed by atoms with E-state index in [0.29, 0.717) is 11.3 Å². The predicted molar refractivity (Wildman–Crippen MR) is 107 cm³/mol. The molecule has 0 saturated heterocycles. The van der Waals surface area contributed by atoms with Crippen LogP contribution in [0.25, 0.3) is 0 Å². The maximum absolute atomic E-state index is 13.0. The Kier molecular flexibility index (Phi) is 6.74. The van der Waals surface area contributed by atoms with Crippen molar-refractivity contribution < 1.29 is 23.5 Å². The molecule has 0 bridgehead atoms. The van der Waals surface area contributed by atoms with Gasteiger partial charge < -0.3 is 14.8 Å². The number of hydrogen-bond donors (Lipinski definition) is 1. The van der Waals surface area contributed by atoms with E-state index >= 15 is 0 Å². The summed E-state index contributed by atoms with van der Waals surface area (Å²) in [5, 5.41) is 11.5. The van der Waals surface area contributed by atoms with Gasteiger partial charge in [0.2, 0.25) is 0 Å². The Morgan fingerprint density at radius 3 is 2.53 bits per heavy atom. The molecule has 0 atom stereocenters. The molecule has 1 N–H and O–H groups in total. The fourth-order valence-corrected chi connectivity index (χ4v) is 2.58. The molecule has 0 fully saturated rings. The number of nitriles is 1. The minimum Gasteiger partial charge on any atom is -0.488 e. The van der Waals surface area contributed by atoms with Crippen LogP contribution >= 0.6 is 0 Å². The van der Waals surface area contributed by atoms with Gasteiger partial charge in [-0.1, -0.05) is 30.3 Å². The van der Waals surface area contributed by atoms with Gasteiger partial charge >= 0.3 is 5.97 Å². The number of halogens is 1. The number of ether oxygens (including phenoxy) is 2. The van der Waals surface area contributed by atoms with Gasteiger partial charge in [0.1, 0.15) is 23.7 Å². The van der Waals surface area contributed by atoms with E-state index in [1.54, 1.807) is 48.5 Å². The van der Waals surface area contributed by atoms with E-state index < -0.39 is 18.5 Å². The summed E-state index contributed by atoms with van der Waals surface area (Å²) in [6.07, 6.45) is 0. The van der Waals surface area contributed by atoms with Crippen LogP contribution in [0.1, 0.15) is 21.5 Å². The SMILES string of the molecule is N#Cc1cccc(NC(=O)COC(=O)c2ccccc2OCc2ccc(F)cc2)c1. The second-order valence-corrected chi connectivity index (χ2v) is 6.23. The quantitative estimate of drug-likeness (QED) is 0.600. The average molecular weight is 404 g/mol. The van der Waals surface area contributed by atoms with Crippen LogP contribution in [0.15, 0.2) is 72.8 Å². The summed E-state index contributed by atoms with van der Waals surface area (Å²) in [5.41, 5.74) is 1.73. The maximum Gasteiger partial charge on any atom is 0.342 e. The highest BCUT2D eigenvalue weighted by atomic mass is 19.1. The van der Waals surface area contributed by atoms with Gasteiger partial charge in [0.15, 0.2) is 6.61 Å². The van der Waals surface area contributed by atoms with Gasteiger partial charge in [0.25, 0.3) is 5.91 Å². The minimum absolute atomic E-state index is 0.139. The molecule has 0 aliphatic heterocycles. The Hall–Kier alpha value is -4.18.